The van der Waals surface area contributed by atoms with Gasteiger partial charge in [0.25, 0.3) is 5.56 Å². The number of rotatable bonds is 7. The fourth-order valence-electron chi connectivity index (χ4n) is 4.36. The van der Waals surface area contributed by atoms with Crippen LogP contribution in [-0.2, 0) is 22.1 Å². The Morgan fingerprint density at radius 3 is 2.54 bits per heavy atom. The van der Waals surface area contributed by atoms with Gasteiger partial charge in [-0.3, -0.25) is 9.59 Å². The molecule has 1 fully saturated rings. The summed E-state index contributed by atoms with van der Waals surface area (Å²) in [6.45, 7) is 5.28. The Bertz CT molecular complexity index is 1070. The molecule has 0 radical (unpaired) electrons. The van der Waals surface area contributed by atoms with E-state index in [1.807, 2.05) is 6.92 Å². The number of ether oxygens (including phenoxy) is 1. The molecule has 0 bridgehead atoms. The van der Waals surface area contributed by atoms with Gasteiger partial charge < -0.3 is 19.4 Å². The van der Waals surface area contributed by atoms with Crippen molar-refractivity contribution in [1.29, 1.82) is 0 Å². The maximum absolute atomic E-state index is 12.7. The second kappa shape index (κ2) is 10.6. The Hall–Kier alpha value is -3.22. The van der Waals surface area contributed by atoms with E-state index in [2.05, 4.69) is 25.1 Å². The van der Waals surface area contributed by atoms with E-state index in [0.29, 0.717) is 32.8 Å². The molecule has 1 N–H and O–H groups in total. The quantitative estimate of drug-likeness (QED) is 0.576. The molecule has 2 aliphatic rings. The van der Waals surface area contributed by atoms with Gasteiger partial charge in [0.2, 0.25) is 11.9 Å². The molecule has 190 valence electrons. The minimum Gasteiger partial charge on any atom is -0.379 e. The molecule has 13 heteroatoms. The summed E-state index contributed by atoms with van der Waals surface area (Å²) in [4.78, 5) is 37.8. The molecule has 0 aliphatic carbocycles. The fourth-order valence-corrected chi connectivity index (χ4v) is 4.36. The zero-order chi connectivity index (χ0) is 25.0. The highest BCUT2D eigenvalue weighted by atomic mass is 19.4. The van der Waals surface area contributed by atoms with E-state index in [4.69, 9.17) is 4.74 Å². The first-order valence-corrected chi connectivity index (χ1v) is 11.6. The van der Waals surface area contributed by atoms with Crippen molar-refractivity contribution in [1.82, 2.24) is 25.1 Å². The first kappa shape index (κ1) is 24.9. The summed E-state index contributed by atoms with van der Waals surface area (Å²) in [7, 11) is 0. The molecule has 1 unspecified atom stereocenters. The van der Waals surface area contributed by atoms with Crippen LogP contribution >= 0.6 is 0 Å². The molecule has 4 rings (SSSR count). The van der Waals surface area contributed by atoms with Crippen molar-refractivity contribution in [3.63, 3.8) is 0 Å². The van der Waals surface area contributed by atoms with E-state index in [1.54, 1.807) is 16.0 Å². The number of H-pyrrole nitrogens is 1. The highest BCUT2D eigenvalue weighted by molar-refractivity contribution is 5.76. The monoisotopic (exact) mass is 495 g/mol. The van der Waals surface area contributed by atoms with E-state index in [1.165, 1.54) is 0 Å². The van der Waals surface area contributed by atoms with E-state index in [9.17, 15) is 22.8 Å². The normalized spacial score (nSPS) is 17.3. The summed E-state index contributed by atoms with van der Waals surface area (Å²) in [6.07, 6.45) is 0.589. The van der Waals surface area contributed by atoms with Crippen molar-refractivity contribution in [3.05, 3.63) is 40.1 Å². The van der Waals surface area contributed by atoms with Crippen LogP contribution in [0.15, 0.2) is 23.4 Å². The Kier molecular flexibility index (Phi) is 7.53. The molecule has 1 saturated heterocycles. The molecule has 1 atom stereocenters. The number of aromatic nitrogens is 4. The van der Waals surface area contributed by atoms with Crippen molar-refractivity contribution >= 4 is 17.5 Å². The van der Waals surface area contributed by atoms with Crippen molar-refractivity contribution in [3.8, 4) is 0 Å². The number of nitrogens with one attached hydrogen (secondary N) is 1. The first-order valence-electron chi connectivity index (χ1n) is 11.6. The SMILES string of the molecule is CC(COCCC(=O)N1CCN(c2ncc(C(F)(F)F)cn2)CC1)N1CCCc2c1cn[nH]c2=O. The van der Waals surface area contributed by atoms with Crippen molar-refractivity contribution in [2.24, 2.45) is 0 Å². The van der Waals surface area contributed by atoms with Gasteiger partial charge in [0, 0.05) is 56.7 Å². The maximum Gasteiger partial charge on any atom is 0.419 e. The van der Waals surface area contributed by atoms with Gasteiger partial charge in [-0.2, -0.15) is 18.3 Å². The standard InChI is InChI=1S/C22H28F3N7O3/c1-15(32-5-2-3-17-18(32)13-28-29-20(17)34)14-35-10-4-19(33)30-6-8-31(9-7-30)21-26-11-16(12-27-21)22(23,24)25/h11-13,15H,2-10,14H2,1H3,(H,29,34). The van der Waals surface area contributed by atoms with Gasteiger partial charge in [-0.05, 0) is 19.8 Å². The average molecular weight is 496 g/mol. The third kappa shape index (κ3) is 5.89. The molecular formula is C22H28F3N7O3. The molecule has 1 amide bonds. The van der Waals surface area contributed by atoms with Crippen LogP contribution in [0.3, 0.4) is 0 Å². The second-order valence-electron chi connectivity index (χ2n) is 8.67. The lowest BCUT2D eigenvalue weighted by Gasteiger charge is -2.35. The molecule has 2 aromatic rings. The van der Waals surface area contributed by atoms with Gasteiger partial charge in [-0.15, -0.1) is 0 Å². The van der Waals surface area contributed by atoms with Crippen LogP contribution < -0.4 is 15.4 Å². The largest absolute Gasteiger partial charge is 0.419 e. The lowest BCUT2D eigenvalue weighted by atomic mass is 10.0. The number of fused-ring (bicyclic) bond motifs is 1. The summed E-state index contributed by atoms with van der Waals surface area (Å²) in [5, 5.41) is 6.39. The number of amides is 1. The highest BCUT2D eigenvalue weighted by Crippen LogP contribution is 2.28. The van der Waals surface area contributed by atoms with Gasteiger partial charge in [0.15, 0.2) is 0 Å². The summed E-state index contributed by atoms with van der Waals surface area (Å²) in [5.41, 5.74) is 0.534. The maximum atomic E-state index is 12.7. The smallest absolute Gasteiger partial charge is 0.379 e. The predicted molar refractivity (Wildman–Crippen MR) is 121 cm³/mol. The van der Waals surface area contributed by atoms with Gasteiger partial charge in [-0.1, -0.05) is 0 Å². The van der Waals surface area contributed by atoms with Crippen LogP contribution in [0.5, 0.6) is 0 Å². The van der Waals surface area contributed by atoms with Crippen LogP contribution in [0, 0.1) is 0 Å². The minimum absolute atomic E-state index is 0.0278. The van der Waals surface area contributed by atoms with Crippen LogP contribution in [0.1, 0.15) is 30.9 Å². The summed E-state index contributed by atoms with van der Waals surface area (Å²) >= 11 is 0. The number of hydrogen-bond acceptors (Lipinski definition) is 8. The number of hydrogen-bond donors (Lipinski definition) is 1. The molecular weight excluding hydrogens is 467 g/mol. The lowest BCUT2D eigenvalue weighted by molar-refractivity contribution is -0.138. The molecule has 10 nitrogen and oxygen atoms in total. The van der Waals surface area contributed by atoms with Crippen molar-refractivity contribution in [2.45, 2.75) is 38.4 Å². The molecule has 0 spiro atoms. The van der Waals surface area contributed by atoms with E-state index >= 15 is 0 Å². The van der Waals surface area contributed by atoms with Crippen molar-refractivity contribution in [2.75, 3.05) is 55.7 Å². The van der Waals surface area contributed by atoms with Crippen LogP contribution in [0.2, 0.25) is 0 Å². The number of anilines is 2. The average Bonchev–Trinajstić information content (AvgIpc) is 2.86. The summed E-state index contributed by atoms with van der Waals surface area (Å²) in [5.74, 6) is 0.184. The lowest BCUT2D eigenvalue weighted by Crippen LogP contribution is -2.49. The number of nitrogens with zero attached hydrogens (tertiary/aromatic N) is 6. The first-order chi connectivity index (χ1) is 16.7. The van der Waals surface area contributed by atoms with Crippen molar-refractivity contribution < 1.29 is 22.7 Å². The van der Waals surface area contributed by atoms with Gasteiger partial charge in [0.05, 0.1) is 37.1 Å². The van der Waals surface area contributed by atoms with Crippen LogP contribution in [0.25, 0.3) is 0 Å². The molecule has 4 heterocycles. The van der Waals surface area contributed by atoms with Crippen LogP contribution in [0.4, 0.5) is 24.8 Å². The van der Waals surface area contributed by atoms with Gasteiger partial charge in [0.1, 0.15) is 0 Å². The third-order valence-corrected chi connectivity index (χ3v) is 6.30. The van der Waals surface area contributed by atoms with Gasteiger partial charge in [-0.25, -0.2) is 15.1 Å². The molecule has 35 heavy (non-hydrogen) atoms. The topological polar surface area (TPSA) is 108 Å². The van der Waals surface area contributed by atoms with Crippen LogP contribution in [-0.4, -0.2) is 83.0 Å². The molecule has 0 aromatic carbocycles. The van der Waals surface area contributed by atoms with E-state index < -0.39 is 11.7 Å². The predicted octanol–water partition coefficient (Wildman–Crippen LogP) is 1.48. The highest BCUT2D eigenvalue weighted by Gasteiger charge is 2.32. The summed E-state index contributed by atoms with van der Waals surface area (Å²) in [6, 6.07) is 0.0278. The Morgan fingerprint density at radius 1 is 1.14 bits per heavy atom. The fraction of sp³-hybridized carbons (Fsp3) is 0.591. The summed E-state index contributed by atoms with van der Waals surface area (Å²) < 4.78 is 43.8. The number of halogens is 3. The Labute approximate surface area is 200 Å². The number of aromatic amines is 1. The Balaban J connectivity index is 1.19. The molecule has 0 saturated carbocycles. The number of carbonyl (C=O) groups excluding carboxylic acids is 1. The van der Waals surface area contributed by atoms with E-state index in [-0.39, 0.29) is 36.5 Å². The Morgan fingerprint density at radius 2 is 1.86 bits per heavy atom. The van der Waals surface area contributed by atoms with E-state index in [0.717, 1.165) is 43.0 Å². The molecule has 2 aliphatic heterocycles. The van der Waals surface area contributed by atoms with Gasteiger partial charge >= 0.3 is 6.18 Å². The second-order valence-corrected chi connectivity index (χ2v) is 8.67. The zero-order valence-electron chi connectivity index (χ0n) is 19.4. The third-order valence-electron chi connectivity index (χ3n) is 6.30. The number of alkyl halides is 3. The number of piperazine rings is 1. The minimum atomic E-state index is -4.47. The number of carbonyl (C=O) groups is 1. The molecule has 2 aromatic heterocycles. The zero-order valence-corrected chi connectivity index (χ0v) is 19.4.